The zero-order chi connectivity index (χ0) is 20.1. The largest absolute Gasteiger partial charge is 0.378 e. The summed E-state index contributed by atoms with van der Waals surface area (Å²) >= 11 is 5.95. The molecule has 2 aromatic heterocycles. The molecule has 0 aromatic carbocycles. The van der Waals surface area contributed by atoms with Crippen LogP contribution in [0, 0.1) is 0 Å². The molecule has 150 valence electrons. The first-order chi connectivity index (χ1) is 13.4. The Bertz CT molecular complexity index is 865. The monoisotopic (exact) mass is 487 g/mol. The lowest BCUT2D eigenvalue weighted by Gasteiger charge is -2.25. The van der Waals surface area contributed by atoms with Crippen molar-refractivity contribution in [3.05, 3.63) is 31.9 Å². The van der Waals surface area contributed by atoms with Crippen LogP contribution in [-0.4, -0.2) is 67.5 Å². The van der Waals surface area contributed by atoms with Crippen LogP contribution in [0.5, 0.6) is 0 Å². The van der Waals surface area contributed by atoms with Crippen molar-refractivity contribution in [2.24, 2.45) is 0 Å². The molecule has 0 spiro atoms. The second-order valence-corrected chi connectivity index (χ2v) is 9.18. The van der Waals surface area contributed by atoms with E-state index in [2.05, 4.69) is 31.8 Å². The molecular weight excluding hydrogens is 470 g/mol. The Morgan fingerprint density at radius 1 is 1.29 bits per heavy atom. The number of hydrazine groups is 1. The number of ether oxygens (including phenoxy) is 1. The molecule has 1 saturated heterocycles. The van der Waals surface area contributed by atoms with E-state index in [4.69, 9.17) is 4.74 Å². The lowest BCUT2D eigenvalue weighted by Crippen LogP contribution is -2.46. The number of halogens is 1. The van der Waals surface area contributed by atoms with Crippen molar-refractivity contribution in [2.75, 3.05) is 44.8 Å². The molecule has 1 fully saturated rings. The highest BCUT2D eigenvalue weighted by atomic mass is 79.9. The lowest BCUT2D eigenvalue weighted by atomic mass is 10.4. The fourth-order valence-electron chi connectivity index (χ4n) is 2.40. The average Bonchev–Trinajstić information content (AvgIpc) is 3.35. The standard InChI is InChI=1S/C16H18BrN5O4S2/c1-21(15(25)11-2-3-12(17)28-11)8-13(23)19-20-14(24)10-9-27-16(18-10)22-4-6-26-7-5-22/h2-3,9H,4-8H2,1H3,(H,19,23)(H,20,24). The predicted octanol–water partition coefficient (Wildman–Crippen LogP) is 1.34. The van der Waals surface area contributed by atoms with Gasteiger partial charge < -0.3 is 14.5 Å². The minimum Gasteiger partial charge on any atom is -0.378 e. The summed E-state index contributed by atoms with van der Waals surface area (Å²) in [5.41, 5.74) is 4.85. The second-order valence-electron chi connectivity index (χ2n) is 5.88. The summed E-state index contributed by atoms with van der Waals surface area (Å²) in [7, 11) is 1.52. The van der Waals surface area contributed by atoms with Crippen molar-refractivity contribution < 1.29 is 19.1 Å². The van der Waals surface area contributed by atoms with Gasteiger partial charge in [0.15, 0.2) is 5.13 Å². The Morgan fingerprint density at radius 2 is 2.04 bits per heavy atom. The second kappa shape index (κ2) is 9.45. The van der Waals surface area contributed by atoms with Crippen molar-refractivity contribution in [1.82, 2.24) is 20.7 Å². The van der Waals surface area contributed by atoms with Gasteiger partial charge in [-0.3, -0.25) is 25.2 Å². The molecule has 0 saturated carbocycles. The molecule has 3 amide bonds. The topological polar surface area (TPSA) is 104 Å². The van der Waals surface area contributed by atoms with Gasteiger partial charge >= 0.3 is 0 Å². The molecule has 0 unspecified atom stereocenters. The summed E-state index contributed by atoms with van der Waals surface area (Å²) in [4.78, 5) is 44.6. The number of morpholine rings is 1. The molecule has 3 heterocycles. The van der Waals surface area contributed by atoms with Gasteiger partial charge in [0.2, 0.25) is 0 Å². The number of carbonyl (C=O) groups excluding carboxylic acids is 3. The van der Waals surface area contributed by atoms with Gasteiger partial charge in [-0.25, -0.2) is 4.98 Å². The number of thiophene rings is 1. The number of aromatic nitrogens is 1. The van der Waals surface area contributed by atoms with Crippen LogP contribution in [0.4, 0.5) is 5.13 Å². The van der Waals surface area contributed by atoms with E-state index in [1.54, 1.807) is 17.5 Å². The zero-order valence-electron chi connectivity index (χ0n) is 14.9. The summed E-state index contributed by atoms with van der Waals surface area (Å²) in [5, 5.41) is 2.38. The molecular formula is C16H18BrN5O4S2. The minimum atomic E-state index is -0.514. The molecule has 0 aliphatic carbocycles. The number of carbonyl (C=O) groups is 3. The first kappa shape index (κ1) is 20.7. The highest BCUT2D eigenvalue weighted by molar-refractivity contribution is 9.11. The summed E-state index contributed by atoms with van der Waals surface area (Å²) < 4.78 is 6.13. The van der Waals surface area contributed by atoms with Crippen LogP contribution < -0.4 is 15.8 Å². The summed E-state index contributed by atoms with van der Waals surface area (Å²) in [6.45, 7) is 2.53. The summed E-state index contributed by atoms with van der Waals surface area (Å²) in [6, 6.07) is 3.45. The van der Waals surface area contributed by atoms with Crippen LogP contribution in [0.1, 0.15) is 20.2 Å². The Morgan fingerprint density at radius 3 is 2.71 bits per heavy atom. The fourth-order valence-corrected chi connectivity index (χ4v) is 4.64. The molecule has 3 rings (SSSR count). The van der Waals surface area contributed by atoms with Gasteiger partial charge in [-0.05, 0) is 28.1 Å². The Balaban J connectivity index is 1.47. The Labute approximate surface area is 177 Å². The molecule has 12 heteroatoms. The minimum absolute atomic E-state index is 0.190. The third kappa shape index (κ3) is 5.28. The lowest BCUT2D eigenvalue weighted by molar-refractivity contribution is -0.122. The van der Waals surface area contributed by atoms with Crippen molar-refractivity contribution >= 4 is 61.5 Å². The van der Waals surface area contributed by atoms with Gasteiger partial charge in [0.05, 0.1) is 21.9 Å². The van der Waals surface area contributed by atoms with E-state index in [0.717, 1.165) is 22.0 Å². The SMILES string of the molecule is CN(CC(=O)NNC(=O)c1csc(N2CCOCC2)n1)C(=O)c1ccc(Br)s1. The molecule has 2 aromatic rings. The molecule has 1 aliphatic heterocycles. The molecule has 2 N–H and O–H groups in total. The number of hydrogen-bond acceptors (Lipinski definition) is 8. The van der Waals surface area contributed by atoms with E-state index in [0.29, 0.717) is 18.1 Å². The van der Waals surface area contributed by atoms with E-state index in [1.165, 1.54) is 34.6 Å². The number of nitrogens with zero attached hydrogens (tertiary/aromatic N) is 3. The fraction of sp³-hybridized carbons (Fsp3) is 0.375. The number of thiazole rings is 1. The van der Waals surface area contributed by atoms with Crippen LogP contribution in [-0.2, 0) is 9.53 Å². The third-order valence-corrected chi connectivity index (χ3v) is 6.35. The average molecular weight is 488 g/mol. The van der Waals surface area contributed by atoms with Gasteiger partial charge in [-0.2, -0.15) is 0 Å². The van der Waals surface area contributed by atoms with Crippen LogP contribution in [0.2, 0.25) is 0 Å². The molecule has 0 bridgehead atoms. The maximum Gasteiger partial charge on any atom is 0.289 e. The Hall–Kier alpha value is -2.02. The first-order valence-corrected chi connectivity index (χ1v) is 10.8. The van der Waals surface area contributed by atoms with Crippen molar-refractivity contribution in [1.29, 1.82) is 0 Å². The number of nitrogens with one attached hydrogen (secondary N) is 2. The Kier molecular flexibility index (Phi) is 6.99. The highest BCUT2D eigenvalue weighted by Gasteiger charge is 2.19. The summed E-state index contributed by atoms with van der Waals surface area (Å²) in [5.74, 6) is -1.30. The van der Waals surface area contributed by atoms with Gasteiger partial charge in [0.25, 0.3) is 17.7 Å². The molecule has 1 aliphatic rings. The van der Waals surface area contributed by atoms with Crippen LogP contribution >= 0.6 is 38.6 Å². The third-order valence-electron chi connectivity index (χ3n) is 3.83. The number of rotatable bonds is 5. The quantitative estimate of drug-likeness (QED) is 0.616. The van der Waals surface area contributed by atoms with Crippen LogP contribution in [0.3, 0.4) is 0 Å². The smallest absolute Gasteiger partial charge is 0.289 e. The van der Waals surface area contributed by atoms with E-state index in [1.807, 2.05) is 4.90 Å². The normalized spacial score (nSPS) is 13.9. The van der Waals surface area contributed by atoms with Crippen LogP contribution in [0.15, 0.2) is 21.3 Å². The molecule has 0 atom stereocenters. The van der Waals surface area contributed by atoms with Gasteiger partial charge in [-0.1, -0.05) is 0 Å². The van der Waals surface area contributed by atoms with Gasteiger partial charge in [-0.15, -0.1) is 22.7 Å². The molecule has 0 radical (unpaired) electrons. The maximum absolute atomic E-state index is 12.2. The van der Waals surface area contributed by atoms with Gasteiger partial charge in [0, 0.05) is 25.5 Å². The zero-order valence-corrected chi connectivity index (χ0v) is 18.2. The number of hydrogen-bond donors (Lipinski definition) is 2. The first-order valence-electron chi connectivity index (χ1n) is 8.32. The number of likely N-dealkylation sites (N-methyl/N-ethyl adjacent to an activating group) is 1. The van der Waals surface area contributed by atoms with E-state index < -0.39 is 11.8 Å². The summed E-state index contributed by atoms with van der Waals surface area (Å²) in [6.07, 6.45) is 0. The van der Waals surface area contributed by atoms with E-state index >= 15 is 0 Å². The van der Waals surface area contributed by atoms with E-state index in [-0.39, 0.29) is 18.1 Å². The van der Waals surface area contributed by atoms with Crippen molar-refractivity contribution in [3.8, 4) is 0 Å². The highest BCUT2D eigenvalue weighted by Crippen LogP contribution is 2.23. The van der Waals surface area contributed by atoms with E-state index in [9.17, 15) is 14.4 Å². The van der Waals surface area contributed by atoms with Crippen molar-refractivity contribution in [3.63, 3.8) is 0 Å². The van der Waals surface area contributed by atoms with Crippen LogP contribution in [0.25, 0.3) is 0 Å². The predicted molar refractivity (Wildman–Crippen MR) is 110 cm³/mol. The number of amides is 3. The van der Waals surface area contributed by atoms with Crippen molar-refractivity contribution in [2.45, 2.75) is 0 Å². The molecule has 28 heavy (non-hydrogen) atoms. The van der Waals surface area contributed by atoms with Gasteiger partial charge in [0.1, 0.15) is 12.2 Å². The maximum atomic E-state index is 12.2. The molecule has 9 nitrogen and oxygen atoms in total. The number of anilines is 1.